The predicted molar refractivity (Wildman–Crippen MR) is 126 cm³/mol. The zero-order valence-corrected chi connectivity index (χ0v) is 19.4. The largest absolute Gasteiger partial charge is 0.484 e. The van der Waals surface area contributed by atoms with Crippen molar-refractivity contribution < 1.29 is 28.6 Å². The topological polar surface area (TPSA) is 126 Å². The fourth-order valence-corrected chi connectivity index (χ4v) is 5.27. The molecule has 0 saturated carbocycles. The number of amides is 2. The number of thioether (sulfide) groups is 1. The van der Waals surface area contributed by atoms with Crippen molar-refractivity contribution in [1.82, 2.24) is 10.4 Å². The van der Waals surface area contributed by atoms with Crippen molar-refractivity contribution in [2.24, 2.45) is 0 Å². The molecule has 11 heteroatoms. The Morgan fingerprint density at radius 2 is 1.97 bits per heavy atom. The Morgan fingerprint density at radius 1 is 1.21 bits per heavy atom. The van der Waals surface area contributed by atoms with Crippen molar-refractivity contribution in [2.75, 3.05) is 6.61 Å². The van der Waals surface area contributed by atoms with Gasteiger partial charge in [-0.1, -0.05) is 29.8 Å². The van der Waals surface area contributed by atoms with E-state index in [-0.39, 0.29) is 0 Å². The van der Waals surface area contributed by atoms with Gasteiger partial charge in [0.05, 0.1) is 11.7 Å². The van der Waals surface area contributed by atoms with Crippen LogP contribution in [-0.2, 0) is 14.4 Å². The average Bonchev–Trinajstić information content (AvgIpc) is 3.06. The van der Waals surface area contributed by atoms with E-state index in [1.54, 1.807) is 43.3 Å². The fourth-order valence-electron chi connectivity index (χ4n) is 3.55. The van der Waals surface area contributed by atoms with Crippen LogP contribution in [0.4, 0.5) is 0 Å². The van der Waals surface area contributed by atoms with Crippen LogP contribution < -0.4 is 15.8 Å². The van der Waals surface area contributed by atoms with Gasteiger partial charge in [0.2, 0.25) is 0 Å². The number of halogens is 1. The summed E-state index contributed by atoms with van der Waals surface area (Å²) < 4.78 is 10.7. The second-order valence-electron chi connectivity index (χ2n) is 7.53. The fraction of sp³-hybridized carbons (Fsp3) is 0.217. The highest BCUT2D eigenvalue weighted by Gasteiger charge is 2.43. The van der Waals surface area contributed by atoms with Crippen LogP contribution in [-0.4, -0.2) is 39.8 Å². The van der Waals surface area contributed by atoms with E-state index >= 15 is 0 Å². The molecule has 9 nitrogen and oxygen atoms in total. The second kappa shape index (κ2) is 9.78. The lowest BCUT2D eigenvalue weighted by Gasteiger charge is -2.25. The first-order chi connectivity index (χ1) is 16.2. The molecule has 2 unspecified atom stereocenters. The SMILES string of the molecule is Cc1cc(=O)oc2cc(OCC(=O)NN3C(=O)C(CC(=O)O)SC3c3ccccc3Cl)ccc12. The van der Waals surface area contributed by atoms with E-state index in [0.717, 1.165) is 27.7 Å². The Morgan fingerprint density at radius 3 is 2.71 bits per heavy atom. The van der Waals surface area contributed by atoms with Gasteiger partial charge in [-0.25, -0.2) is 9.80 Å². The molecule has 1 aliphatic rings. The molecule has 2 aromatic carbocycles. The number of carbonyl (C=O) groups is 3. The molecule has 0 bridgehead atoms. The van der Waals surface area contributed by atoms with Gasteiger partial charge in [0.1, 0.15) is 16.7 Å². The van der Waals surface area contributed by atoms with Crippen LogP contribution in [0.5, 0.6) is 5.75 Å². The maximum absolute atomic E-state index is 12.9. The van der Waals surface area contributed by atoms with Gasteiger partial charge in [0.25, 0.3) is 11.8 Å². The molecule has 4 rings (SSSR count). The number of carboxylic acids is 1. The highest BCUT2D eigenvalue weighted by Crippen LogP contribution is 2.45. The van der Waals surface area contributed by atoms with E-state index in [1.807, 2.05) is 0 Å². The molecule has 1 aliphatic heterocycles. The molecule has 2 atom stereocenters. The van der Waals surface area contributed by atoms with Crippen LogP contribution >= 0.6 is 23.4 Å². The molecule has 0 aliphatic carbocycles. The molecule has 2 N–H and O–H groups in total. The molecule has 0 radical (unpaired) electrons. The number of aliphatic carboxylic acids is 1. The lowest BCUT2D eigenvalue weighted by molar-refractivity contribution is -0.144. The van der Waals surface area contributed by atoms with Crippen molar-refractivity contribution in [3.05, 3.63) is 75.1 Å². The molecule has 2 amide bonds. The maximum Gasteiger partial charge on any atom is 0.336 e. The Kier molecular flexibility index (Phi) is 6.80. The maximum atomic E-state index is 12.9. The number of hydrazine groups is 1. The molecule has 1 saturated heterocycles. The number of hydrogen-bond acceptors (Lipinski definition) is 7. The van der Waals surface area contributed by atoms with E-state index < -0.39 is 47.1 Å². The quantitative estimate of drug-likeness (QED) is 0.471. The molecular formula is C23H19ClN2O7S. The summed E-state index contributed by atoms with van der Waals surface area (Å²) in [6.07, 6.45) is -0.394. The first kappa shape index (κ1) is 23.7. The second-order valence-corrected chi connectivity index (χ2v) is 9.23. The molecule has 1 aromatic heterocycles. The normalized spacial score (nSPS) is 17.7. The summed E-state index contributed by atoms with van der Waals surface area (Å²) in [6.45, 7) is 1.35. The monoisotopic (exact) mass is 502 g/mol. The van der Waals surface area contributed by atoms with Crippen LogP contribution in [0, 0.1) is 6.92 Å². The number of carboxylic acid groups (broad SMARTS) is 1. The third-order valence-corrected chi connectivity index (χ3v) is 6.87. The van der Waals surface area contributed by atoms with E-state index in [9.17, 15) is 19.2 Å². The third kappa shape index (κ3) is 5.02. The summed E-state index contributed by atoms with van der Waals surface area (Å²) in [6, 6.07) is 13.1. The van der Waals surface area contributed by atoms with Crippen LogP contribution in [0.2, 0.25) is 5.02 Å². The summed E-state index contributed by atoms with van der Waals surface area (Å²) in [5.74, 6) is -2.01. The summed E-state index contributed by atoms with van der Waals surface area (Å²) in [5, 5.41) is 9.77. The van der Waals surface area contributed by atoms with Gasteiger partial charge in [0.15, 0.2) is 6.61 Å². The summed E-state index contributed by atoms with van der Waals surface area (Å²) in [4.78, 5) is 48.3. The van der Waals surface area contributed by atoms with Crippen molar-refractivity contribution in [1.29, 1.82) is 0 Å². The van der Waals surface area contributed by atoms with Crippen LogP contribution in [0.3, 0.4) is 0 Å². The Bertz CT molecular complexity index is 1340. The average molecular weight is 503 g/mol. The molecular weight excluding hydrogens is 484 g/mol. The molecule has 0 spiro atoms. The molecule has 2 heterocycles. The Hall–Kier alpha value is -3.50. The Labute approximate surface area is 202 Å². The van der Waals surface area contributed by atoms with Crippen LogP contribution in [0.1, 0.15) is 22.9 Å². The van der Waals surface area contributed by atoms with E-state index in [4.69, 9.17) is 25.9 Å². The van der Waals surface area contributed by atoms with Crippen molar-refractivity contribution >= 4 is 52.1 Å². The minimum atomic E-state index is -1.13. The van der Waals surface area contributed by atoms with Crippen LogP contribution in [0.15, 0.2) is 57.7 Å². The first-order valence-electron chi connectivity index (χ1n) is 10.1. The number of benzene rings is 2. The van der Waals surface area contributed by atoms with Gasteiger partial charge >= 0.3 is 11.6 Å². The van der Waals surface area contributed by atoms with E-state index in [0.29, 0.717) is 21.9 Å². The Balaban J connectivity index is 1.49. The predicted octanol–water partition coefficient (Wildman–Crippen LogP) is 3.28. The van der Waals surface area contributed by atoms with Crippen LogP contribution in [0.25, 0.3) is 11.0 Å². The summed E-state index contributed by atoms with van der Waals surface area (Å²) in [7, 11) is 0. The minimum absolute atomic E-state index is 0.296. The van der Waals surface area contributed by atoms with Gasteiger partial charge in [-0.3, -0.25) is 19.8 Å². The number of nitrogens with zero attached hydrogens (tertiary/aromatic N) is 1. The number of hydrogen-bond donors (Lipinski definition) is 2. The summed E-state index contributed by atoms with van der Waals surface area (Å²) in [5.41, 5.74) is 3.65. The number of nitrogens with one attached hydrogen (secondary N) is 1. The van der Waals surface area contributed by atoms with Gasteiger partial charge in [-0.15, -0.1) is 11.8 Å². The molecule has 176 valence electrons. The lowest BCUT2D eigenvalue weighted by Crippen LogP contribution is -2.47. The van der Waals surface area contributed by atoms with E-state index in [2.05, 4.69) is 5.43 Å². The highest BCUT2D eigenvalue weighted by atomic mass is 35.5. The van der Waals surface area contributed by atoms with Gasteiger partial charge < -0.3 is 14.3 Å². The smallest absolute Gasteiger partial charge is 0.336 e. The number of fused-ring (bicyclic) bond motifs is 1. The molecule has 1 fully saturated rings. The van der Waals surface area contributed by atoms with Gasteiger partial charge in [0, 0.05) is 28.1 Å². The molecule has 34 heavy (non-hydrogen) atoms. The number of rotatable bonds is 7. The zero-order valence-electron chi connectivity index (χ0n) is 17.8. The van der Waals surface area contributed by atoms with Gasteiger partial charge in [-0.05, 0) is 30.7 Å². The number of aryl methyl sites for hydroxylation is 1. The zero-order chi connectivity index (χ0) is 24.4. The van der Waals surface area contributed by atoms with E-state index in [1.165, 1.54) is 12.1 Å². The van der Waals surface area contributed by atoms with Gasteiger partial charge in [-0.2, -0.15) is 0 Å². The number of carbonyl (C=O) groups excluding carboxylic acids is 2. The van der Waals surface area contributed by atoms with Crippen molar-refractivity contribution in [2.45, 2.75) is 24.0 Å². The highest BCUT2D eigenvalue weighted by molar-refractivity contribution is 8.01. The minimum Gasteiger partial charge on any atom is -0.484 e. The lowest BCUT2D eigenvalue weighted by atomic mass is 10.1. The molecule has 3 aromatic rings. The third-order valence-electron chi connectivity index (χ3n) is 5.11. The number of ether oxygens (including phenoxy) is 1. The first-order valence-corrected chi connectivity index (χ1v) is 11.5. The van der Waals surface area contributed by atoms with Crippen molar-refractivity contribution in [3.63, 3.8) is 0 Å². The standard InChI is InChI=1S/C23H19ClN2O7S/c1-12-8-21(30)33-17-9-13(6-7-14(12)17)32-11-19(27)25-26-22(31)18(10-20(28)29)34-23(26)15-4-2-3-5-16(15)24/h2-9,18,23H,10-11H2,1H3,(H,25,27)(H,28,29). The summed E-state index contributed by atoms with van der Waals surface area (Å²) >= 11 is 7.38. The van der Waals surface area contributed by atoms with Crippen molar-refractivity contribution in [3.8, 4) is 5.75 Å².